The van der Waals surface area contributed by atoms with Crippen LogP contribution in [0.1, 0.15) is 220 Å². The van der Waals surface area contributed by atoms with Gasteiger partial charge in [0.2, 0.25) is 6.10 Å². The van der Waals surface area contributed by atoms with E-state index in [0.717, 1.165) is 64.5 Å². The van der Waals surface area contributed by atoms with Crippen molar-refractivity contribution in [3.8, 4) is 10.6 Å². The molecule has 5 saturated carbocycles. The van der Waals surface area contributed by atoms with Crippen LogP contribution in [0.5, 0.6) is 5.75 Å². The van der Waals surface area contributed by atoms with Gasteiger partial charge in [-0.1, -0.05) is 104 Å². The van der Waals surface area contributed by atoms with Gasteiger partial charge in [0, 0.05) is 33.6 Å². The Kier molecular flexibility index (Phi) is 26.7. The second kappa shape index (κ2) is 31.8. The van der Waals surface area contributed by atoms with Gasteiger partial charge in [0.05, 0.1) is 37.5 Å². The molecule has 6 aliphatic rings. The van der Waals surface area contributed by atoms with Gasteiger partial charge in [-0.15, -0.1) is 0 Å². The molecule has 94 heavy (non-hydrogen) atoms. The Labute approximate surface area is 562 Å². The van der Waals surface area contributed by atoms with Crippen LogP contribution >= 0.6 is 10.5 Å². The molecule has 0 radical (unpaired) electrons. The van der Waals surface area contributed by atoms with Crippen molar-refractivity contribution in [1.82, 2.24) is 5.32 Å². The quantitative estimate of drug-likeness (QED) is 0.0387. The molecule has 5 aromatic rings. The van der Waals surface area contributed by atoms with Crippen LogP contribution in [0.25, 0.3) is 25.1 Å². The number of esters is 4. The molecule has 18 heteroatoms. The second-order valence-corrected chi connectivity index (χ2v) is 33.6. The van der Waals surface area contributed by atoms with Crippen molar-refractivity contribution in [2.75, 3.05) is 18.8 Å². The number of phenolic OH excluding ortho intramolecular Hbond substituents is 1. The summed E-state index contributed by atoms with van der Waals surface area (Å²) in [5, 5.41) is 15.4. The summed E-state index contributed by atoms with van der Waals surface area (Å²) in [5.41, 5.74) is -2.81. The summed E-state index contributed by atoms with van der Waals surface area (Å²) in [7, 11) is -5.21. The molecule has 13 nitrogen and oxygen atoms in total. The molecule has 1 saturated heterocycles. The first-order valence-corrected chi connectivity index (χ1v) is 36.4. The number of hydrogen-bond acceptors (Lipinski definition) is 13. The van der Waals surface area contributed by atoms with Crippen LogP contribution < -0.4 is 5.32 Å². The molecule has 4 aromatic carbocycles. The van der Waals surface area contributed by atoms with Gasteiger partial charge in [-0.2, -0.15) is 13.2 Å². The summed E-state index contributed by atoms with van der Waals surface area (Å²) in [6, 6.07) is 35.9. The normalized spacial score (nSPS) is 21.4. The topological polar surface area (TPSA) is 195 Å². The van der Waals surface area contributed by atoms with Crippen molar-refractivity contribution in [2.24, 2.45) is 39.4 Å². The first kappa shape index (κ1) is 79.1. The minimum absolute atomic E-state index is 0. The minimum Gasteiger partial charge on any atom is -0.748 e. The Morgan fingerprint density at radius 3 is 1.61 bits per heavy atom. The number of hydrogen-bond donors (Lipinski definition) is 2. The number of carbonyl (C=O) groups excluding carboxylic acids is 4. The van der Waals surface area contributed by atoms with Crippen molar-refractivity contribution in [3.63, 3.8) is 0 Å². The maximum atomic E-state index is 13.3. The third-order valence-corrected chi connectivity index (χ3v) is 23.7. The van der Waals surface area contributed by atoms with E-state index in [0.29, 0.717) is 43.8 Å². The lowest BCUT2D eigenvalue weighted by molar-refractivity contribution is -0.239. The molecule has 5 aliphatic carbocycles. The summed E-state index contributed by atoms with van der Waals surface area (Å²) in [6.45, 7) is 31.9. The number of aromatic hydroxyl groups is 1. The molecule has 524 valence electrons. The molecule has 2 heterocycles. The monoisotopic (exact) mass is 1350 g/mol. The first-order chi connectivity index (χ1) is 43.2. The minimum atomic E-state index is -5.27. The predicted octanol–water partition coefficient (Wildman–Crippen LogP) is 18.8. The number of nitrogens with one attached hydrogen (secondary N) is 1. The zero-order valence-corrected chi connectivity index (χ0v) is 59.6. The zero-order valence-electron chi connectivity index (χ0n) is 57.9. The van der Waals surface area contributed by atoms with Crippen molar-refractivity contribution in [1.29, 1.82) is 0 Å². The number of fused-ring (bicyclic) bond motifs is 3. The molecule has 3 unspecified atom stereocenters. The third-order valence-electron chi connectivity index (χ3n) is 20.7. The largest absolute Gasteiger partial charge is 0.748 e. The van der Waals surface area contributed by atoms with Crippen LogP contribution in [0.2, 0.25) is 0 Å². The van der Waals surface area contributed by atoms with Gasteiger partial charge in [0.1, 0.15) is 22.6 Å². The van der Waals surface area contributed by atoms with Gasteiger partial charge in [0.25, 0.3) is 0 Å². The van der Waals surface area contributed by atoms with Gasteiger partial charge in [0.15, 0.2) is 14.3 Å². The van der Waals surface area contributed by atoms with Crippen molar-refractivity contribution >= 4 is 64.6 Å². The molecule has 4 bridgehead atoms. The lowest BCUT2D eigenvalue weighted by atomic mass is 9.48. The smallest absolute Gasteiger partial charge is 0.426 e. The number of ether oxygens (including phenoxy) is 4. The number of rotatable bonds is 17. The Hall–Kier alpha value is -5.56. The summed E-state index contributed by atoms with van der Waals surface area (Å²) >= 11 is 0. The number of halogens is 3. The molecule has 0 amide bonds. The number of carbonyl (C=O) groups is 4. The van der Waals surface area contributed by atoms with Crippen molar-refractivity contribution < 1.29 is 69.4 Å². The Bertz CT molecular complexity index is 3360. The van der Waals surface area contributed by atoms with E-state index in [9.17, 15) is 50.4 Å². The van der Waals surface area contributed by atoms with Crippen LogP contribution in [-0.4, -0.2) is 89.9 Å². The van der Waals surface area contributed by atoms with Crippen molar-refractivity contribution in [3.05, 3.63) is 109 Å². The fraction of sp³-hybridized carbons (Fsp3) is 0.632. The van der Waals surface area contributed by atoms with Crippen LogP contribution in [-0.2, 0) is 53.7 Å². The summed E-state index contributed by atoms with van der Waals surface area (Å²) < 4.78 is 97.3. The van der Waals surface area contributed by atoms with E-state index in [-0.39, 0.29) is 75.5 Å². The Morgan fingerprint density at radius 1 is 0.660 bits per heavy atom. The van der Waals surface area contributed by atoms with E-state index in [1.807, 2.05) is 74.4 Å². The van der Waals surface area contributed by atoms with Crippen LogP contribution in [0.4, 0.5) is 13.2 Å². The highest BCUT2D eigenvalue weighted by Crippen LogP contribution is 2.64. The molecule has 1 aromatic heterocycles. The average Bonchev–Trinajstić information content (AvgIpc) is 0.894. The van der Waals surface area contributed by atoms with Crippen LogP contribution in [0.3, 0.4) is 0 Å². The SMILES string of the molecule is C.CCC(C)(C)C(=O)OC(C)(C)C1CCNCC1.CCC(C)(C)C(=O)OC1(C)CCCC1.CCC(C)(C)C(=O)OC12CC3CC(C1)CC(C(=O)OC(CS(=O)(=O)[O-])C(F)(F)F)(C3)C2.CCC(C)(C)c1cccc(O)c1.c1ccc(-[s+]2c3ccccc3c3ccccc32)cc1. The fourth-order valence-corrected chi connectivity index (χ4v) is 16.3. The Morgan fingerprint density at radius 2 is 1.14 bits per heavy atom. The maximum Gasteiger partial charge on any atom is 0.426 e. The van der Waals surface area contributed by atoms with E-state index >= 15 is 0 Å². The second-order valence-electron chi connectivity index (χ2n) is 30.1. The van der Waals surface area contributed by atoms with Gasteiger partial charge < -0.3 is 33.9 Å². The third kappa shape index (κ3) is 20.5. The van der Waals surface area contributed by atoms with Crippen molar-refractivity contribution in [2.45, 2.75) is 249 Å². The highest BCUT2D eigenvalue weighted by atomic mass is 32.2. The highest BCUT2D eigenvalue weighted by Gasteiger charge is 2.64. The zero-order chi connectivity index (χ0) is 69.2. The molecule has 0 spiro atoms. The molecule has 3 atom stereocenters. The van der Waals surface area contributed by atoms with Crippen LogP contribution in [0, 0.1) is 39.4 Å². The summed E-state index contributed by atoms with van der Waals surface area (Å²) in [6.07, 6.45) is 4.20. The fourth-order valence-electron chi connectivity index (χ4n) is 13.3. The molecular formula is C76H110F3NO12S2. The average molecular weight is 1350 g/mol. The summed E-state index contributed by atoms with van der Waals surface area (Å²) in [4.78, 5) is 51.0. The number of thiophene rings is 1. The Balaban J connectivity index is 0.000000222. The van der Waals surface area contributed by atoms with E-state index in [1.54, 1.807) is 19.9 Å². The molecular weight excluding hydrogens is 1240 g/mol. The molecule has 2 N–H and O–H groups in total. The van der Waals surface area contributed by atoms with E-state index in [2.05, 4.69) is 123 Å². The maximum absolute atomic E-state index is 13.3. The van der Waals surface area contributed by atoms with Gasteiger partial charge in [-0.25, -0.2) is 8.42 Å². The molecule has 1 aliphatic heterocycles. The highest BCUT2D eigenvalue weighted by molar-refractivity contribution is 7.85. The number of benzene rings is 4. The van der Waals surface area contributed by atoms with E-state index < -0.39 is 56.5 Å². The van der Waals surface area contributed by atoms with E-state index in [4.69, 9.17) is 14.2 Å². The first-order valence-electron chi connectivity index (χ1n) is 33.6. The lowest BCUT2D eigenvalue weighted by Crippen LogP contribution is -2.61. The molecule has 6 fully saturated rings. The summed E-state index contributed by atoms with van der Waals surface area (Å²) in [5.74, 6) is -2.72. The predicted molar refractivity (Wildman–Crippen MR) is 371 cm³/mol. The standard InChI is InChI=1S/C20H29F3O7S.C18H13S.C14H27NO2.C12H22O2.C11H16O.CH4/c1-4-17(2,3)15(24)30-19-8-12-5-13(9-19)7-18(6-12,11-19)16(25)29-14(20(21,22)23)10-31(26,27)28;1-2-8-14(9-3-1)19-17-12-6-4-10-15(17)16-11-5-7-13-18(16)19;1-6-13(2,3)12(16)17-14(4,5)11-7-9-15-10-8-11;1-5-11(2,3)10(13)14-12(4)8-6-7-9-12;1-4-11(2,3)9-6-5-7-10(12)8-9;/h12-14H,4-11H2,1-3H3,(H,26,27,28);1-13H;11,15H,6-10H2,1-5H3;5-9H2,1-4H3;5-8,12H,4H2,1-3H3;1H4/q;+1;;;;/p-1. The number of phenols is 1. The van der Waals surface area contributed by atoms with E-state index in [1.165, 1.54) is 43.5 Å². The van der Waals surface area contributed by atoms with Gasteiger partial charge >= 0.3 is 30.1 Å². The number of piperidine rings is 1. The molecule has 11 rings (SSSR count). The lowest BCUT2D eigenvalue weighted by Gasteiger charge is -2.60. The van der Waals surface area contributed by atoms with Gasteiger partial charge in [-0.05, 0) is 243 Å². The number of alkyl halides is 3. The van der Waals surface area contributed by atoms with Gasteiger partial charge in [-0.3, -0.25) is 19.2 Å². The van der Waals surface area contributed by atoms with Crippen LogP contribution in [0.15, 0.2) is 103 Å².